The van der Waals surface area contributed by atoms with E-state index in [1.54, 1.807) is 12.3 Å². The van der Waals surface area contributed by atoms with Crippen molar-refractivity contribution in [3.63, 3.8) is 0 Å². The van der Waals surface area contributed by atoms with E-state index in [0.717, 1.165) is 32.1 Å². The minimum atomic E-state index is -3.54. The Balaban J connectivity index is 2.93. The Kier molecular flexibility index (Phi) is 7.67. The molecule has 1 atom stereocenters. The number of hydrogen-bond acceptors (Lipinski definition) is 4. The quantitative estimate of drug-likeness (QED) is 0.696. The lowest BCUT2D eigenvalue weighted by molar-refractivity contribution is 0.483. The fourth-order valence-electron chi connectivity index (χ4n) is 2.27. The number of rotatable bonds is 10. The van der Waals surface area contributed by atoms with Gasteiger partial charge in [0.05, 0.1) is 5.69 Å². The Hall–Kier alpha value is -1.14. The van der Waals surface area contributed by atoms with Gasteiger partial charge in [-0.1, -0.05) is 33.1 Å². The predicted molar refractivity (Wildman–Crippen MR) is 86.9 cm³/mol. The molecule has 2 N–H and O–H groups in total. The van der Waals surface area contributed by atoms with E-state index in [4.69, 9.17) is 0 Å². The highest BCUT2D eigenvalue weighted by Gasteiger charge is 2.22. The summed E-state index contributed by atoms with van der Waals surface area (Å²) < 4.78 is 28.0. The van der Waals surface area contributed by atoms with Crippen molar-refractivity contribution in [2.45, 2.75) is 63.8 Å². The van der Waals surface area contributed by atoms with E-state index in [0.29, 0.717) is 12.2 Å². The standard InChI is InChI=1S/C15H27N3O2S/c1-4-7-9-13(8-5-2)18-21(19,20)15-12-16-11-10-14(15)17-6-3/h10-13,18H,4-9H2,1-3H3,(H,16,17). The van der Waals surface area contributed by atoms with E-state index in [1.165, 1.54) is 6.20 Å². The van der Waals surface area contributed by atoms with Gasteiger partial charge in [0.1, 0.15) is 4.90 Å². The first-order valence-electron chi connectivity index (χ1n) is 7.75. The first-order chi connectivity index (χ1) is 10.0. The van der Waals surface area contributed by atoms with Gasteiger partial charge < -0.3 is 5.32 Å². The van der Waals surface area contributed by atoms with Crippen molar-refractivity contribution >= 4 is 15.7 Å². The summed E-state index contributed by atoms with van der Waals surface area (Å²) in [6, 6.07) is 1.69. The van der Waals surface area contributed by atoms with Crippen LogP contribution in [0.1, 0.15) is 52.9 Å². The third kappa shape index (κ3) is 5.63. The van der Waals surface area contributed by atoms with Gasteiger partial charge in [0.15, 0.2) is 0 Å². The molecule has 0 fully saturated rings. The van der Waals surface area contributed by atoms with Crippen LogP contribution in [0.2, 0.25) is 0 Å². The second kappa shape index (κ2) is 9.00. The van der Waals surface area contributed by atoms with E-state index in [9.17, 15) is 8.42 Å². The molecule has 0 amide bonds. The molecule has 0 saturated heterocycles. The molecule has 1 aromatic rings. The van der Waals surface area contributed by atoms with E-state index in [1.807, 2.05) is 6.92 Å². The minimum absolute atomic E-state index is 0.00497. The largest absolute Gasteiger partial charge is 0.384 e. The van der Waals surface area contributed by atoms with Crippen LogP contribution < -0.4 is 10.0 Å². The van der Waals surface area contributed by atoms with Crippen LogP contribution in [0.15, 0.2) is 23.4 Å². The zero-order valence-electron chi connectivity index (χ0n) is 13.2. The molecule has 1 heterocycles. The van der Waals surface area contributed by atoms with Gasteiger partial charge in [-0.05, 0) is 25.8 Å². The Morgan fingerprint density at radius 2 is 1.95 bits per heavy atom. The molecule has 1 rings (SSSR count). The monoisotopic (exact) mass is 313 g/mol. The fourth-order valence-corrected chi connectivity index (χ4v) is 3.71. The molecule has 0 bridgehead atoms. The number of nitrogens with one attached hydrogen (secondary N) is 2. The Morgan fingerprint density at radius 3 is 2.57 bits per heavy atom. The topological polar surface area (TPSA) is 71.1 Å². The number of hydrogen-bond donors (Lipinski definition) is 2. The van der Waals surface area contributed by atoms with Crippen LogP contribution >= 0.6 is 0 Å². The Bertz CT molecular complexity index is 517. The summed E-state index contributed by atoms with van der Waals surface area (Å²) in [6.45, 7) is 6.79. The van der Waals surface area contributed by atoms with Gasteiger partial charge in [-0.15, -0.1) is 0 Å². The third-order valence-electron chi connectivity index (χ3n) is 3.31. The van der Waals surface area contributed by atoms with E-state index >= 15 is 0 Å². The molecular formula is C15H27N3O2S. The molecule has 0 radical (unpaired) electrons. The molecule has 1 aromatic heterocycles. The average molecular weight is 313 g/mol. The summed E-state index contributed by atoms with van der Waals surface area (Å²) in [4.78, 5) is 4.18. The van der Waals surface area contributed by atoms with Crippen LogP contribution in [-0.2, 0) is 10.0 Å². The normalized spacial score (nSPS) is 13.1. The van der Waals surface area contributed by atoms with Gasteiger partial charge in [-0.25, -0.2) is 13.1 Å². The maximum Gasteiger partial charge on any atom is 0.244 e. The molecule has 120 valence electrons. The molecule has 5 nitrogen and oxygen atoms in total. The summed E-state index contributed by atoms with van der Waals surface area (Å²) in [5.74, 6) is 0. The molecule has 0 aliphatic carbocycles. The molecule has 0 aromatic carbocycles. The van der Waals surface area contributed by atoms with Crippen LogP contribution in [0.25, 0.3) is 0 Å². The van der Waals surface area contributed by atoms with Gasteiger partial charge in [0.25, 0.3) is 0 Å². The first kappa shape index (κ1) is 17.9. The number of pyridine rings is 1. The summed E-state index contributed by atoms with van der Waals surface area (Å²) in [5, 5.41) is 3.07. The number of anilines is 1. The predicted octanol–water partition coefficient (Wildman–Crippen LogP) is 3.15. The zero-order chi connectivity index (χ0) is 15.7. The highest BCUT2D eigenvalue weighted by molar-refractivity contribution is 7.89. The van der Waals surface area contributed by atoms with Gasteiger partial charge >= 0.3 is 0 Å². The molecule has 1 unspecified atom stereocenters. The zero-order valence-corrected chi connectivity index (χ0v) is 14.0. The molecule has 6 heteroatoms. The first-order valence-corrected chi connectivity index (χ1v) is 9.23. The lowest BCUT2D eigenvalue weighted by atomic mass is 10.1. The minimum Gasteiger partial charge on any atom is -0.384 e. The highest BCUT2D eigenvalue weighted by atomic mass is 32.2. The molecule has 0 saturated carbocycles. The van der Waals surface area contributed by atoms with Crippen molar-refractivity contribution < 1.29 is 8.42 Å². The molecular weight excluding hydrogens is 286 g/mol. The molecule has 0 spiro atoms. The number of nitrogens with zero attached hydrogens (tertiary/aromatic N) is 1. The second-order valence-electron chi connectivity index (χ2n) is 5.15. The van der Waals surface area contributed by atoms with Gasteiger partial charge in [-0.3, -0.25) is 4.98 Å². The van der Waals surface area contributed by atoms with Crippen molar-refractivity contribution in [3.8, 4) is 0 Å². The summed E-state index contributed by atoms with van der Waals surface area (Å²) in [6.07, 6.45) is 7.79. The van der Waals surface area contributed by atoms with Crippen molar-refractivity contribution in [1.82, 2.24) is 9.71 Å². The number of sulfonamides is 1. The summed E-state index contributed by atoms with van der Waals surface area (Å²) >= 11 is 0. The number of unbranched alkanes of at least 4 members (excludes halogenated alkanes) is 1. The molecule has 0 aliphatic rings. The van der Waals surface area contributed by atoms with E-state index in [2.05, 4.69) is 28.9 Å². The van der Waals surface area contributed by atoms with Crippen LogP contribution in [0.3, 0.4) is 0 Å². The second-order valence-corrected chi connectivity index (χ2v) is 6.83. The van der Waals surface area contributed by atoms with Crippen LogP contribution in [0.4, 0.5) is 5.69 Å². The van der Waals surface area contributed by atoms with Crippen molar-refractivity contribution in [3.05, 3.63) is 18.5 Å². The van der Waals surface area contributed by atoms with Gasteiger partial charge in [0, 0.05) is 25.0 Å². The lowest BCUT2D eigenvalue weighted by Gasteiger charge is -2.19. The Morgan fingerprint density at radius 1 is 1.19 bits per heavy atom. The third-order valence-corrected chi connectivity index (χ3v) is 4.85. The Labute approximate surface area is 128 Å². The molecule has 0 aliphatic heterocycles. The maximum absolute atomic E-state index is 12.6. The van der Waals surface area contributed by atoms with Gasteiger partial charge in [0.2, 0.25) is 10.0 Å². The lowest BCUT2D eigenvalue weighted by Crippen LogP contribution is -2.35. The van der Waals surface area contributed by atoms with Gasteiger partial charge in [-0.2, -0.15) is 0 Å². The molecule has 21 heavy (non-hydrogen) atoms. The number of aromatic nitrogens is 1. The summed E-state index contributed by atoms with van der Waals surface area (Å²) in [5.41, 5.74) is 0.603. The summed E-state index contributed by atoms with van der Waals surface area (Å²) in [7, 11) is -3.54. The van der Waals surface area contributed by atoms with Crippen LogP contribution in [0, 0.1) is 0 Å². The fraction of sp³-hybridized carbons (Fsp3) is 0.667. The van der Waals surface area contributed by atoms with Crippen molar-refractivity contribution in [2.75, 3.05) is 11.9 Å². The van der Waals surface area contributed by atoms with Crippen LogP contribution in [-0.4, -0.2) is 26.0 Å². The average Bonchev–Trinajstić information content (AvgIpc) is 2.45. The smallest absolute Gasteiger partial charge is 0.244 e. The highest BCUT2D eigenvalue weighted by Crippen LogP contribution is 2.20. The van der Waals surface area contributed by atoms with Crippen molar-refractivity contribution in [2.24, 2.45) is 0 Å². The van der Waals surface area contributed by atoms with E-state index < -0.39 is 10.0 Å². The SMILES string of the molecule is CCCCC(CCC)NS(=O)(=O)c1cnccc1NCC. The van der Waals surface area contributed by atoms with Crippen LogP contribution in [0.5, 0.6) is 0 Å². The van der Waals surface area contributed by atoms with Crippen molar-refractivity contribution in [1.29, 1.82) is 0 Å². The van der Waals surface area contributed by atoms with E-state index in [-0.39, 0.29) is 10.9 Å². The maximum atomic E-state index is 12.6.